The van der Waals surface area contributed by atoms with Gasteiger partial charge in [-0.1, -0.05) is 37.8 Å². The lowest BCUT2D eigenvalue weighted by molar-refractivity contribution is 0.459. The Morgan fingerprint density at radius 1 is 1.27 bits per heavy atom. The first-order chi connectivity index (χ1) is 12.4. The molecule has 1 aromatic carbocycles. The first kappa shape index (κ1) is 19.7. The average Bonchev–Trinajstić information content (AvgIpc) is 2.61. The summed E-state index contributed by atoms with van der Waals surface area (Å²) in [4.78, 5) is 2.01. The van der Waals surface area contributed by atoms with Gasteiger partial charge in [0, 0.05) is 24.9 Å². The minimum absolute atomic E-state index is 0.242. The van der Waals surface area contributed by atoms with Gasteiger partial charge < -0.3 is 16.0 Å². The van der Waals surface area contributed by atoms with Crippen LogP contribution in [0.5, 0.6) is 0 Å². The monoisotopic (exact) mass is 353 g/mol. The molecular formula is C22H28FN3. The summed E-state index contributed by atoms with van der Waals surface area (Å²) in [7, 11) is 1.91. The third-order valence-corrected chi connectivity index (χ3v) is 4.54. The van der Waals surface area contributed by atoms with Gasteiger partial charge in [0.2, 0.25) is 0 Å². The largest absolute Gasteiger partial charge is 0.397 e. The zero-order chi connectivity index (χ0) is 19.3. The third-order valence-electron chi connectivity index (χ3n) is 4.54. The van der Waals surface area contributed by atoms with E-state index in [1.807, 2.05) is 18.0 Å². The molecule has 0 amide bonds. The van der Waals surface area contributed by atoms with Crippen molar-refractivity contribution in [2.45, 2.75) is 26.8 Å². The number of halogens is 1. The molecule has 3 N–H and O–H groups in total. The van der Waals surface area contributed by atoms with Crippen molar-refractivity contribution in [2.24, 2.45) is 5.73 Å². The predicted octanol–water partition coefficient (Wildman–Crippen LogP) is 4.38. The molecule has 138 valence electrons. The topological polar surface area (TPSA) is 41.3 Å². The fraction of sp³-hybridized carbons (Fsp3) is 0.273. The highest BCUT2D eigenvalue weighted by Gasteiger charge is 2.19. The van der Waals surface area contributed by atoms with Crippen LogP contribution in [0.1, 0.15) is 25.8 Å². The van der Waals surface area contributed by atoms with Crippen LogP contribution in [0.4, 0.5) is 4.39 Å². The lowest BCUT2D eigenvalue weighted by atomic mass is 9.91. The maximum atomic E-state index is 13.2. The highest BCUT2D eigenvalue weighted by atomic mass is 19.1. The molecule has 1 aliphatic rings. The zero-order valence-corrected chi connectivity index (χ0v) is 15.9. The van der Waals surface area contributed by atoms with Crippen molar-refractivity contribution in [3.8, 4) is 0 Å². The molecule has 2 rings (SSSR count). The van der Waals surface area contributed by atoms with E-state index < -0.39 is 0 Å². The van der Waals surface area contributed by atoms with Gasteiger partial charge in [-0.05, 0) is 55.3 Å². The second kappa shape index (κ2) is 8.68. The summed E-state index contributed by atoms with van der Waals surface area (Å²) in [5.74, 6) is -0.242. The van der Waals surface area contributed by atoms with Crippen molar-refractivity contribution in [1.82, 2.24) is 10.2 Å². The van der Waals surface area contributed by atoms with Crippen molar-refractivity contribution in [2.75, 3.05) is 13.6 Å². The summed E-state index contributed by atoms with van der Waals surface area (Å²) in [6, 6.07) is 6.48. The van der Waals surface area contributed by atoms with Crippen LogP contribution in [-0.2, 0) is 6.54 Å². The maximum absolute atomic E-state index is 13.2. The quantitative estimate of drug-likeness (QED) is 0.715. The van der Waals surface area contributed by atoms with Crippen molar-refractivity contribution in [3.05, 3.63) is 94.8 Å². The first-order valence-electron chi connectivity index (χ1n) is 8.79. The number of likely N-dealkylation sites (N-methyl/N-ethyl adjacent to an activating group) is 1. The minimum Gasteiger partial charge on any atom is -0.397 e. The molecule has 3 nitrogen and oxygen atoms in total. The van der Waals surface area contributed by atoms with Gasteiger partial charge >= 0.3 is 0 Å². The fourth-order valence-corrected chi connectivity index (χ4v) is 2.99. The molecule has 0 aliphatic carbocycles. The normalized spacial score (nSPS) is 15.4. The van der Waals surface area contributed by atoms with Crippen LogP contribution in [0.15, 0.2) is 83.4 Å². The number of allylic oxidation sites excluding steroid dienone is 3. The van der Waals surface area contributed by atoms with Gasteiger partial charge in [-0.15, -0.1) is 0 Å². The Balaban J connectivity index is 2.40. The molecule has 0 bridgehead atoms. The van der Waals surface area contributed by atoms with E-state index in [2.05, 4.69) is 38.5 Å². The van der Waals surface area contributed by atoms with Crippen LogP contribution in [0.2, 0.25) is 0 Å². The summed E-state index contributed by atoms with van der Waals surface area (Å²) >= 11 is 0. The van der Waals surface area contributed by atoms with Crippen LogP contribution in [-0.4, -0.2) is 18.5 Å². The Labute approximate surface area is 156 Å². The molecule has 1 aliphatic heterocycles. The van der Waals surface area contributed by atoms with Gasteiger partial charge in [-0.25, -0.2) is 4.39 Å². The predicted molar refractivity (Wildman–Crippen MR) is 107 cm³/mol. The Bertz CT molecular complexity index is 782. The molecule has 0 atom stereocenters. The molecule has 0 unspecified atom stereocenters. The van der Waals surface area contributed by atoms with Crippen LogP contribution >= 0.6 is 0 Å². The van der Waals surface area contributed by atoms with Gasteiger partial charge in [-0.3, -0.25) is 0 Å². The third kappa shape index (κ3) is 4.52. The molecule has 0 saturated carbocycles. The molecule has 1 aromatic rings. The highest BCUT2D eigenvalue weighted by Crippen LogP contribution is 2.31. The van der Waals surface area contributed by atoms with Crippen LogP contribution in [0, 0.1) is 5.82 Å². The van der Waals surface area contributed by atoms with Gasteiger partial charge in [0.05, 0.1) is 11.4 Å². The number of rotatable bonds is 7. The number of hydrogen-bond donors (Lipinski definition) is 2. The minimum atomic E-state index is -0.242. The van der Waals surface area contributed by atoms with E-state index in [4.69, 9.17) is 5.73 Å². The van der Waals surface area contributed by atoms with E-state index in [1.54, 1.807) is 12.1 Å². The van der Waals surface area contributed by atoms with Crippen molar-refractivity contribution in [3.63, 3.8) is 0 Å². The van der Waals surface area contributed by atoms with E-state index in [0.29, 0.717) is 18.8 Å². The van der Waals surface area contributed by atoms with Gasteiger partial charge in [-0.2, -0.15) is 0 Å². The lowest BCUT2D eigenvalue weighted by Gasteiger charge is -2.30. The second-order valence-corrected chi connectivity index (χ2v) is 6.53. The van der Waals surface area contributed by atoms with Crippen LogP contribution in [0.25, 0.3) is 0 Å². The van der Waals surface area contributed by atoms with E-state index in [0.717, 1.165) is 34.4 Å². The zero-order valence-electron chi connectivity index (χ0n) is 15.9. The highest BCUT2D eigenvalue weighted by molar-refractivity contribution is 5.57. The standard InChI is InChI=1S/C22H28FN3/c1-6-15(2)22(16(3)12-25-5)19-11-21(24)17(4)26(14-19)13-18-7-9-20(23)10-8-18/h7-11,14,25H,3-4,6,12-13,24H2,1-2,5H3/b22-15+. The van der Waals surface area contributed by atoms with E-state index in [9.17, 15) is 4.39 Å². The van der Waals surface area contributed by atoms with Crippen molar-refractivity contribution in [1.29, 1.82) is 0 Å². The van der Waals surface area contributed by atoms with Crippen molar-refractivity contribution < 1.29 is 4.39 Å². The summed E-state index contributed by atoms with van der Waals surface area (Å²) in [6.45, 7) is 13.9. The van der Waals surface area contributed by atoms with Gasteiger partial charge in [0.1, 0.15) is 5.82 Å². The Morgan fingerprint density at radius 3 is 2.50 bits per heavy atom. The van der Waals surface area contributed by atoms with E-state index >= 15 is 0 Å². The number of hydrogen-bond acceptors (Lipinski definition) is 3. The second-order valence-electron chi connectivity index (χ2n) is 6.53. The molecule has 0 fully saturated rings. The number of nitrogens with two attached hydrogens (primary N) is 1. The number of nitrogens with one attached hydrogen (secondary N) is 1. The summed E-state index contributed by atoms with van der Waals surface area (Å²) in [5, 5.41) is 3.16. The van der Waals surface area contributed by atoms with E-state index in [-0.39, 0.29) is 5.82 Å². The molecule has 0 radical (unpaired) electrons. The first-order valence-corrected chi connectivity index (χ1v) is 8.79. The Kier molecular flexibility index (Phi) is 6.58. The molecule has 1 heterocycles. The molecule has 4 heteroatoms. The lowest BCUT2D eigenvalue weighted by Crippen LogP contribution is -2.25. The number of nitrogens with zero attached hydrogens (tertiary/aromatic N) is 1. The van der Waals surface area contributed by atoms with Crippen LogP contribution in [0.3, 0.4) is 0 Å². The smallest absolute Gasteiger partial charge is 0.123 e. The fourth-order valence-electron chi connectivity index (χ4n) is 2.99. The van der Waals surface area contributed by atoms with Gasteiger partial charge in [0.25, 0.3) is 0 Å². The molecule has 0 spiro atoms. The summed E-state index contributed by atoms with van der Waals surface area (Å²) in [5.41, 5.74) is 13.0. The molecule has 0 aromatic heterocycles. The molecule has 26 heavy (non-hydrogen) atoms. The van der Waals surface area contributed by atoms with Crippen molar-refractivity contribution >= 4 is 0 Å². The van der Waals surface area contributed by atoms with E-state index in [1.165, 1.54) is 17.7 Å². The molecule has 0 saturated heterocycles. The maximum Gasteiger partial charge on any atom is 0.123 e. The Morgan fingerprint density at radius 2 is 1.92 bits per heavy atom. The van der Waals surface area contributed by atoms with Gasteiger partial charge in [0.15, 0.2) is 0 Å². The summed E-state index contributed by atoms with van der Waals surface area (Å²) < 4.78 is 13.2. The Hall–Kier alpha value is -2.59. The molecular weight excluding hydrogens is 325 g/mol. The SMILES string of the molecule is C=C(CNC)/C(C1=CN(Cc2ccc(F)cc2)C(=C)C(N)=C1)=C(/C)CC. The summed E-state index contributed by atoms with van der Waals surface area (Å²) in [6.07, 6.45) is 4.94. The van der Waals surface area contributed by atoms with Crippen LogP contribution < -0.4 is 11.1 Å². The number of benzene rings is 1. The average molecular weight is 353 g/mol.